The number of nitrogens with zero attached hydrogens (tertiary/aromatic N) is 3. The lowest BCUT2D eigenvalue weighted by Crippen LogP contribution is -2.14. The van der Waals surface area contributed by atoms with Gasteiger partial charge in [0.1, 0.15) is 9.98 Å². The highest BCUT2D eigenvalue weighted by Crippen LogP contribution is 2.30. The van der Waals surface area contributed by atoms with Crippen LogP contribution >= 0.6 is 34.7 Å². The van der Waals surface area contributed by atoms with E-state index in [1.54, 1.807) is 23.1 Å². The first-order valence-corrected chi connectivity index (χ1v) is 7.45. The molecule has 0 radical (unpaired) electrons. The molecule has 0 amide bonds. The highest BCUT2D eigenvalue weighted by Gasteiger charge is 2.09. The predicted octanol–water partition coefficient (Wildman–Crippen LogP) is 3.31. The van der Waals surface area contributed by atoms with E-state index in [0.717, 1.165) is 27.7 Å². The number of thiophene rings is 1. The lowest BCUT2D eigenvalue weighted by Gasteiger charge is -2.07. The van der Waals surface area contributed by atoms with E-state index in [0.29, 0.717) is 5.15 Å². The zero-order valence-corrected chi connectivity index (χ0v) is 12.4. The van der Waals surface area contributed by atoms with Gasteiger partial charge in [-0.3, -0.25) is 0 Å². The van der Waals surface area contributed by atoms with Gasteiger partial charge in [-0.25, -0.2) is 9.97 Å². The zero-order valence-electron chi connectivity index (χ0n) is 10.0. The van der Waals surface area contributed by atoms with E-state index in [4.69, 9.17) is 11.6 Å². The van der Waals surface area contributed by atoms with Gasteiger partial charge in [0.15, 0.2) is 5.16 Å². The summed E-state index contributed by atoms with van der Waals surface area (Å²) in [6.45, 7) is 3.06. The molecule has 2 aromatic heterocycles. The van der Waals surface area contributed by atoms with Crippen LogP contribution in [-0.2, 0) is 0 Å². The number of thioether (sulfide) groups is 1. The van der Waals surface area contributed by atoms with E-state index in [2.05, 4.69) is 35.9 Å². The van der Waals surface area contributed by atoms with Gasteiger partial charge in [-0.05, 0) is 27.1 Å². The minimum absolute atomic E-state index is 0.562. The highest BCUT2D eigenvalue weighted by molar-refractivity contribution is 7.99. The molecule has 0 bridgehead atoms. The Bertz CT molecular complexity index is 525. The molecule has 0 aliphatic carbocycles. The van der Waals surface area contributed by atoms with Gasteiger partial charge in [-0.15, -0.1) is 11.3 Å². The average molecular weight is 288 g/mol. The molecule has 0 spiro atoms. The van der Waals surface area contributed by atoms with E-state index in [1.165, 1.54) is 4.88 Å². The third-order valence-electron chi connectivity index (χ3n) is 2.22. The van der Waals surface area contributed by atoms with Crippen molar-refractivity contribution in [2.45, 2.75) is 12.1 Å². The van der Waals surface area contributed by atoms with E-state index >= 15 is 0 Å². The first-order valence-electron chi connectivity index (χ1n) is 5.27. The monoisotopic (exact) mass is 287 g/mol. The number of hydrogen-bond donors (Lipinski definition) is 0. The molecule has 0 unspecified atom stereocenters. The van der Waals surface area contributed by atoms with Crippen molar-refractivity contribution in [2.24, 2.45) is 0 Å². The van der Waals surface area contributed by atoms with Crippen molar-refractivity contribution < 1.29 is 0 Å². The van der Waals surface area contributed by atoms with Crippen molar-refractivity contribution in [1.29, 1.82) is 0 Å². The minimum atomic E-state index is 0.562. The molecular formula is C11H14ClN3S2. The van der Waals surface area contributed by atoms with Crippen molar-refractivity contribution in [3.8, 4) is 0 Å². The lowest BCUT2D eigenvalue weighted by atomic mass is 10.4. The maximum absolute atomic E-state index is 6.15. The molecule has 6 heteroatoms. The molecule has 2 heterocycles. The topological polar surface area (TPSA) is 29.0 Å². The maximum atomic E-state index is 6.15. The SMILES string of the molecule is Cc1cc2c(Cl)nc(SCCN(C)C)nc2s1. The Balaban J connectivity index is 2.18. The second kappa shape index (κ2) is 5.52. The Morgan fingerprint density at radius 1 is 1.41 bits per heavy atom. The molecule has 3 nitrogen and oxygen atoms in total. The van der Waals surface area contributed by atoms with Crippen molar-refractivity contribution in [3.63, 3.8) is 0 Å². The van der Waals surface area contributed by atoms with Crippen LogP contribution in [-0.4, -0.2) is 41.3 Å². The van der Waals surface area contributed by atoms with E-state index in [1.807, 2.05) is 6.07 Å². The third kappa shape index (κ3) is 3.31. The van der Waals surface area contributed by atoms with Gasteiger partial charge in [0.2, 0.25) is 0 Å². The molecule has 0 N–H and O–H groups in total. The number of fused-ring (bicyclic) bond motifs is 1. The fourth-order valence-electron chi connectivity index (χ4n) is 1.37. The molecule has 0 aliphatic rings. The number of halogens is 1. The maximum Gasteiger partial charge on any atom is 0.190 e. The summed E-state index contributed by atoms with van der Waals surface area (Å²) in [5, 5.41) is 2.30. The Morgan fingerprint density at radius 2 is 2.18 bits per heavy atom. The van der Waals surface area contributed by atoms with Crippen molar-refractivity contribution in [2.75, 3.05) is 26.4 Å². The fourth-order valence-corrected chi connectivity index (χ4v) is 3.59. The van der Waals surface area contributed by atoms with Gasteiger partial charge in [0, 0.05) is 22.6 Å². The summed E-state index contributed by atoms with van der Waals surface area (Å²) in [5.41, 5.74) is 0. The van der Waals surface area contributed by atoms with Gasteiger partial charge < -0.3 is 4.90 Å². The van der Waals surface area contributed by atoms with E-state index in [-0.39, 0.29) is 0 Å². The average Bonchev–Trinajstić information content (AvgIpc) is 2.58. The van der Waals surface area contributed by atoms with Crippen LogP contribution in [0.4, 0.5) is 0 Å². The Hall–Kier alpha value is -0.360. The van der Waals surface area contributed by atoms with Crippen LogP contribution in [0.25, 0.3) is 10.2 Å². The number of hydrogen-bond acceptors (Lipinski definition) is 5. The molecule has 0 atom stereocenters. The first kappa shape index (κ1) is 13.1. The smallest absolute Gasteiger partial charge is 0.190 e. The molecule has 0 saturated carbocycles. The lowest BCUT2D eigenvalue weighted by molar-refractivity contribution is 0.437. The van der Waals surface area contributed by atoms with Crippen LogP contribution in [0, 0.1) is 6.92 Å². The summed E-state index contributed by atoms with van der Waals surface area (Å²) in [6, 6.07) is 2.04. The molecular weight excluding hydrogens is 274 g/mol. The van der Waals surface area contributed by atoms with Crippen LogP contribution in [0.2, 0.25) is 5.15 Å². The summed E-state index contributed by atoms with van der Waals surface area (Å²) in [6.07, 6.45) is 0. The summed E-state index contributed by atoms with van der Waals surface area (Å²) in [7, 11) is 4.11. The van der Waals surface area contributed by atoms with Crippen LogP contribution in [0.15, 0.2) is 11.2 Å². The number of aryl methyl sites for hydroxylation is 1. The molecule has 0 fully saturated rings. The van der Waals surface area contributed by atoms with Crippen molar-refractivity contribution in [1.82, 2.24) is 14.9 Å². The molecule has 2 rings (SSSR count). The predicted molar refractivity (Wildman–Crippen MR) is 76.4 cm³/mol. The minimum Gasteiger partial charge on any atom is -0.309 e. The molecule has 0 saturated heterocycles. The Kier molecular flexibility index (Phi) is 4.25. The second-order valence-corrected chi connectivity index (χ2v) is 6.68. The molecule has 17 heavy (non-hydrogen) atoms. The quantitative estimate of drug-likeness (QED) is 0.490. The third-order valence-corrected chi connectivity index (χ3v) is 4.28. The van der Waals surface area contributed by atoms with Crippen LogP contribution in [0.3, 0.4) is 0 Å². The normalized spacial score (nSPS) is 11.6. The molecule has 0 aliphatic heterocycles. The molecule has 92 valence electrons. The second-order valence-electron chi connectivity index (χ2n) is 4.02. The summed E-state index contributed by atoms with van der Waals surface area (Å²) < 4.78 is 0. The van der Waals surface area contributed by atoms with E-state index < -0.39 is 0 Å². The van der Waals surface area contributed by atoms with Crippen molar-refractivity contribution in [3.05, 3.63) is 16.1 Å². The van der Waals surface area contributed by atoms with Crippen LogP contribution < -0.4 is 0 Å². The van der Waals surface area contributed by atoms with Gasteiger partial charge in [0.25, 0.3) is 0 Å². The van der Waals surface area contributed by atoms with Gasteiger partial charge >= 0.3 is 0 Å². The Morgan fingerprint density at radius 3 is 2.88 bits per heavy atom. The first-order chi connectivity index (χ1) is 8.06. The van der Waals surface area contributed by atoms with Gasteiger partial charge in [-0.1, -0.05) is 23.4 Å². The largest absolute Gasteiger partial charge is 0.309 e. The summed E-state index contributed by atoms with van der Waals surface area (Å²) in [4.78, 5) is 13.2. The van der Waals surface area contributed by atoms with Gasteiger partial charge in [0.05, 0.1) is 0 Å². The molecule has 0 aromatic carbocycles. The number of aromatic nitrogens is 2. The van der Waals surface area contributed by atoms with E-state index in [9.17, 15) is 0 Å². The standard InChI is InChI=1S/C11H14ClN3S2/c1-7-6-8-9(12)13-11(14-10(8)17-7)16-5-4-15(2)3/h6H,4-5H2,1-3H3. The van der Waals surface area contributed by atoms with Crippen LogP contribution in [0.1, 0.15) is 4.88 Å². The Labute approximate surface area is 114 Å². The van der Waals surface area contributed by atoms with Crippen LogP contribution in [0.5, 0.6) is 0 Å². The van der Waals surface area contributed by atoms with Gasteiger partial charge in [-0.2, -0.15) is 0 Å². The summed E-state index contributed by atoms with van der Waals surface area (Å²) in [5.74, 6) is 0.971. The zero-order chi connectivity index (χ0) is 12.4. The fraction of sp³-hybridized carbons (Fsp3) is 0.455. The number of rotatable bonds is 4. The highest BCUT2D eigenvalue weighted by atomic mass is 35.5. The summed E-state index contributed by atoms with van der Waals surface area (Å²) >= 11 is 9.46. The molecule has 2 aromatic rings. The van der Waals surface area contributed by atoms with Crippen molar-refractivity contribution >= 4 is 44.9 Å².